The summed E-state index contributed by atoms with van der Waals surface area (Å²) in [5, 5.41) is 1.09. The van der Waals surface area contributed by atoms with Crippen molar-refractivity contribution in [2.45, 2.75) is 5.16 Å². The molecular formula is C21H21FN4O2S. The molecule has 1 saturated heterocycles. The number of piperazine rings is 1. The van der Waals surface area contributed by atoms with Crippen LogP contribution >= 0.6 is 11.8 Å². The first-order valence-corrected chi connectivity index (χ1v) is 10.4. The molecule has 1 aliphatic rings. The summed E-state index contributed by atoms with van der Waals surface area (Å²) >= 11 is 1.26. The van der Waals surface area contributed by atoms with E-state index >= 15 is 0 Å². The first-order valence-electron chi connectivity index (χ1n) is 9.40. The second kappa shape index (κ2) is 8.24. The molecule has 0 atom stereocenters. The number of fused-ring (bicyclic) bond motifs is 1. The van der Waals surface area contributed by atoms with Gasteiger partial charge in [0, 0.05) is 33.2 Å². The molecule has 1 aromatic heterocycles. The number of rotatable bonds is 4. The second-order valence-electron chi connectivity index (χ2n) is 6.88. The molecule has 1 amide bonds. The molecule has 150 valence electrons. The maximum Gasteiger partial charge on any atom is 0.261 e. The van der Waals surface area contributed by atoms with Crippen molar-refractivity contribution in [2.24, 2.45) is 7.05 Å². The van der Waals surface area contributed by atoms with Gasteiger partial charge in [-0.1, -0.05) is 36.0 Å². The molecule has 0 radical (unpaired) electrons. The van der Waals surface area contributed by atoms with Gasteiger partial charge in [0.05, 0.1) is 22.3 Å². The SMILES string of the molecule is Cn1c(SCC(=O)N2CCN(c3ccccc3F)CC2)nc2ccccc2c1=O. The summed E-state index contributed by atoms with van der Waals surface area (Å²) in [7, 11) is 1.67. The van der Waals surface area contributed by atoms with Crippen LogP contribution in [0.15, 0.2) is 58.5 Å². The third kappa shape index (κ3) is 3.98. The molecule has 6 nitrogen and oxygen atoms in total. The fraction of sp³-hybridized carbons (Fsp3) is 0.286. The van der Waals surface area contributed by atoms with Gasteiger partial charge < -0.3 is 9.80 Å². The fourth-order valence-corrected chi connectivity index (χ4v) is 4.32. The van der Waals surface area contributed by atoms with Crippen molar-refractivity contribution in [2.75, 3.05) is 36.8 Å². The fourth-order valence-electron chi connectivity index (χ4n) is 3.45. The number of aromatic nitrogens is 2. The topological polar surface area (TPSA) is 58.4 Å². The van der Waals surface area contributed by atoms with E-state index in [4.69, 9.17) is 0 Å². The van der Waals surface area contributed by atoms with Crippen LogP contribution < -0.4 is 10.5 Å². The normalized spacial score (nSPS) is 14.4. The Labute approximate surface area is 171 Å². The maximum absolute atomic E-state index is 14.0. The summed E-state index contributed by atoms with van der Waals surface area (Å²) in [4.78, 5) is 33.4. The molecule has 1 aliphatic heterocycles. The number of nitrogens with zero attached hydrogens (tertiary/aromatic N) is 4. The van der Waals surface area contributed by atoms with Gasteiger partial charge in [-0.2, -0.15) is 0 Å². The highest BCUT2D eigenvalue weighted by atomic mass is 32.2. The molecule has 0 unspecified atom stereocenters. The van der Waals surface area contributed by atoms with Crippen LogP contribution in [0.4, 0.5) is 10.1 Å². The zero-order valence-electron chi connectivity index (χ0n) is 16.0. The number of anilines is 1. The Morgan fingerprint density at radius 3 is 2.52 bits per heavy atom. The van der Waals surface area contributed by atoms with Gasteiger partial charge in [0.25, 0.3) is 5.56 Å². The third-order valence-corrected chi connectivity index (χ3v) is 6.11. The Kier molecular flexibility index (Phi) is 5.53. The van der Waals surface area contributed by atoms with Gasteiger partial charge in [0.15, 0.2) is 5.16 Å². The van der Waals surface area contributed by atoms with Crippen LogP contribution in [0.3, 0.4) is 0 Å². The molecule has 4 rings (SSSR count). The standard InChI is InChI=1S/C21H21FN4O2S/c1-24-20(28)15-6-2-4-8-17(15)23-21(24)29-14-19(27)26-12-10-25(11-13-26)18-9-5-3-7-16(18)22/h2-9H,10-14H2,1H3. The van der Waals surface area contributed by atoms with Gasteiger partial charge in [0.1, 0.15) is 5.82 Å². The Balaban J connectivity index is 1.39. The minimum Gasteiger partial charge on any atom is -0.366 e. The highest BCUT2D eigenvalue weighted by molar-refractivity contribution is 7.99. The van der Waals surface area contributed by atoms with E-state index in [1.54, 1.807) is 36.2 Å². The Bertz CT molecular complexity index is 1110. The third-order valence-electron chi connectivity index (χ3n) is 5.09. The van der Waals surface area contributed by atoms with E-state index in [9.17, 15) is 14.0 Å². The largest absolute Gasteiger partial charge is 0.366 e. The van der Waals surface area contributed by atoms with Crippen molar-refractivity contribution < 1.29 is 9.18 Å². The minimum atomic E-state index is -0.244. The van der Waals surface area contributed by atoms with Crippen molar-refractivity contribution in [1.29, 1.82) is 0 Å². The highest BCUT2D eigenvalue weighted by Crippen LogP contribution is 2.21. The number of hydrogen-bond acceptors (Lipinski definition) is 5. The molecule has 8 heteroatoms. The Hall–Kier alpha value is -2.87. The molecule has 0 saturated carbocycles. The molecule has 0 bridgehead atoms. The summed E-state index contributed by atoms with van der Waals surface area (Å²) in [6.07, 6.45) is 0. The summed E-state index contributed by atoms with van der Waals surface area (Å²) in [6.45, 7) is 2.25. The molecule has 3 aromatic rings. The minimum absolute atomic E-state index is 0.00871. The van der Waals surface area contributed by atoms with Crippen LogP contribution in [0.2, 0.25) is 0 Å². The predicted octanol–water partition coefficient (Wildman–Crippen LogP) is 2.51. The monoisotopic (exact) mass is 412 g/mol. The van der Waals surface area contributed by atoms with Gasteiger partial charge in [0.2, 0.25) is 5.91 Å². The van der Waals surface area contributed by atoms with E-state index in [1.807, 2.05) is 23.1 Å². The molecule has 0 aliphatic carbocycles. The summed E-state index contributed by atoms with van der Waals surface area (Å²) < 4.78 is 15.4. The van der Waals surface area contributed by atoms with Crippen LogP contribution in [0.25, 0.3) is 10.9 Å². The number of amides is 1. The first kappa shape index (κ1) is 19.4. The molecular weight excluding hydrogens is 391 g/mol. The van der Waals surface area contributed by atoms with Crippen LogP contribution in [-0.4, -0.2) is 52.3 Å². The van der Waals surface area contributed by atoms with E-state index in [2.05, 4.69) is 4.98 Å². The van der Waals surface area contributed by atoms with Gasteiger partial charge >= 0.3 is 0 Å². The molecule has 0 N–H and O–H groups in total. The quantitative estimate of drug-likeness (QED) is 0.487. The number of hydrogen-bond donors (Lipinski definition) is 0. The highest BCUT2D eigenvalue weighted by Gasteiger charge is 2.23. The summed E-state index contributed by atoms with van der Waals surface area (Å²) in [5.41, 5.74) is 1.08. The molecule has 29 heavy (non-hydrogen) atoms. The van der Waals surface area contributed by atoms with Crippen LogP contribution in [0, 0.1) is 5.82 Å². The van der Waals surface area contributed by atoms with Crippen molar-refractivity contribution >= 4 is 34.3 Å². The van der Waals surface area contributed by atoms with Gasteiger partial charge in [-0.25, -0.2) is 9.37 Å². The second-order valence-corrected chi connectivity index (χ2v) is 7.83. The van der Waals surface area contributed by atoms with E-state index in [0.717, 1.165) is 0 Å². The van der Waals surface area contributed by atoms with Gasteiger partial charge in [-0.3, -0.25) is 14.2 Å². The average Bonchev–Trinajstić information content (AvgIpc) is 2.75. The Morgan fingerprint density at radius 2 is 1.76 bits per heavy atom. The average molecular weight is 412 g/mol. The summed E-state index contributed by atoms with van der Waals surface area (Å²) in [6, 6.07) is 13.9. The molecule has 2 aromatic carbocycles. The lowest BCUT2D eigenvalue weighted by Gasteiger charge is -2.36. The van der Waals surface area contributed by atoms with E-state index in [0.29, 0.717) is 47.9 Å². The van der Waals surface area contributed by atoms with Crippen molar-refractivity contribution in [3.05, 3.63) is 64.7 Å². The van der Waals surface area contributed by atoms with E-state index in [-0.39, 0.29) is 23.0 Å². The number of carbonyl (C=O) groups is 1. The van der Waals surface area contributed by atoms with E-state index in [1.165, 1.54) is 22.4 Å². The molecule has 1 fully saturated rings. The first-order chi connectivity index (χ1) is 14.0. The summed E-state index contributed by atoms with van der Waals surface area (Å²) in [5.74, 6) is -0.0464. The number of benzene rings is 2. The maximum atomic E-state index is 14.0. The lowest BCUT2D eigenvalue weighted by molar-refractivity contribution is -0.128. The van der Waals surface area contributed by atoms with Crippen molar-refractivity contribution in [3.8, 4) is 0 Å². The lowest BCUT2D eigenvalue weighted by atomic mass is 10.2. The molecule has 2 heterocycles. The van der Waals surface area contributed by atoms with Crippen LogP contribution in [0.1, 0.15) is 0 Å². The number of thioether (sulfide) groups is 1. The van der Waals surface area contributed by atoms with Crippen molar-refractivity contribution in [1.82, 2.24) is 14.5 Å². The van der Waals surface area contributed by atoms with Gasteiger partial charge in [-0.05, 0) is 24.3 Å². The predicted molar refractivity (Wildman–Crippen MR) is 113 cm³/mol. The van der Waals surface area contributed by atoms with Crippen LogP contribution in [-0.2, 0) is 11.8 Å². The van der Waals surface area contributed by atoms with Gasteiger partial charge in [-0.15, -0.1) is 0 Å². The lowest BCUT2D eigenvalue weighted by Crippen LogP contribution is -2.49. The zero-order valence-corrected chi connectivity index (χ0v) is 16.9. The number of para-hydroxylation sites is 2. The Morgan fingerprint density at radius 1 is 1.07 bits per heavy atom. The van der Waals surface area contributed by atoms with E-state index < -0.39 is 0 Å². The number of halogens is 1. The smallest absolute Gasteiger partial charge is 0.261 e. The molecule has 0 spiro atoms. The number of carbonyl (C=O) groups excluding carboxylic acids is 1. The van der Waals surface area contributed by atoms with Crippen molar-refractivity contribution in [3.63, 3.8) is 0 Å². The zero-order chi connectivity index (χ0) is 20.4. The van der Waals surface area contributed by atoms with Crippen LogP contribution in [0.5, 0.6) is 0 Å².